The predicted molar refractivity (Wildman–Crippen MR) is 86.4 cm³/mol. The first-order valence-corrected chi connectivity index (χ1v) is 7.28. The maximum absolute atomic E-state index is 13.8. The van der Waals surface area contributed by atoms with Crippen LogP contribution in [-0.2, 0) is 17.9 Å². The third-order valence-electron chi connectivity index (χ3n) is 3.44. The Morgan fingerprint density at radius 3 is 2.74 bits per heavy atom. The summed E-state index contributed by atoms with van der Waals surface area (Å²) >= 11 is 0. The number of ether oxygens (including phenoxy) is 1. The van der Waals surface area contributed by atoms with Gasteiger partial charge in [-0.3, -0.25) is 0 Å². The number of hydrogen-bond donors (Lipinski definition) is 1. The lowest BCUT2D eigenvalue weighted by atomic mass is 10.2. The van der Waals surface area contributed by atoms with Crippen LogP contribution in [-0.4, -0.2) is 12.1 Å². The van der Waals surface area contributed by atoms with Gasteiger partial charge in [-0.2, -0.15) is 0 Å². The topological polar surface area (TPSA) is 47.3 Å². The average Bonchev–Trinajstić information content (AvgIpc) is 3.03. The van der Waals surface area contributed by atoms with Gasteiger partial charge in [-0.15, -0.1) is 0 Å². The van der Waals surface area contributed by atoms with Crippen LogP contribution < -0.4 is 5.32 Å². The minimum absolute atomic E-state index is 0.325. The normalized spacial score (nSPS) is 10.7. The summed E-state index contributed by atoms with van der Waals surface area (Å²) in [6.07, 6.45) is 1.54. The third kappa shape index (κ3) is 3.57. The molecule has 2 aromatic carbocycles. The molecule has 5 heteroatoms. The first-order chi connectivity index (χ1) is 11.3. The van der Waals surface area contributed by atoms with E-state index in [0.29, 0.717) is 30.4 Å². The van der Waals surface area contributed by atoms with E-state index in [4.69, 9.17) is 9.15 Å². The summed E-state index contributed by atoms with van der Waals surface area (Å²) in [7, 11) is 1.66. The van der Waals surface area contributed by atoms with Crippen molar-refractivity contribution in [3.05, 3.63) is 72.0 Å². The van der Waals surface area contributed by atoms with Gasteiger partial charge in [-0.1, -0.05) is 30.3 Å². The molecule has 0 saturated carbocycles. The lowest BCUT2D eigenvalue weighted by Gasteiger charge is -2.09. The number of halogens is 1. The number of hydrogen-bond acceptors (Lipinski definition) is 4. The number of para-hydroxylation sites is 1. The van der Waals surface area contributed by atoms with Crippen molar-refractivity contribution < 1.29 is 13.5 Å². The van der Waals surface area contributed by atoms with Gasteiger partial charge in [0.2, 0.25) is 5.89 Å². The van der Waals surface area contributed by atoms with Gasteiger partial charge in [-0.05, 0) is 18.2 Å². The summed E-state index contributed by atoms with van der Waals surface area (Å²) in [5.74, 6) is 0.592. The first-order valence-electron chi connectivity index (χ1n) is 7.28. The molecule has 1 heterocycles. The van der Waals surface area contributed by atoms with Gasteiger partial charge >= 0.3 is 0 Å². The van der Waals surface area contributed by atoms with Crippen molar-refractivity contribution in [1.29, 1.82) is 0 Å². The van der Waals surface area contributed by atoms with Crippen molar-refractivity contribution in [2.24, 2.45) is 0 Å². The molecular formula is C18H17FN2O2. The van der Waals surface area contributed by atoms with Crippen molar-refractivity contribution in [2.45, 2.75) is 13.2 Å². The molecule has 0 unspecified atom stereocenters. The smallest absolute Gasteiger partial charge is 0.214 e. The Kier molecular flexibility index (Phi) is 4.68. The number of methoxy groups -OCH3 is 1. The fourth-order valence-electron chi connectivity index (χ4n) is 2.32. The molecule has 0 bridgehead atoms. The van der Waals surface area contributed by atoms with Crippen molar-refractivity contribution >= 4 is 5.69 Å². The molecule has 1 aromatic heterocycles. The van der Waals surface area contributed by atoms with Gasteiger partial charge in [0.25, 0.3) is 0 Å². The van der Waals surface area contributed by atoms with E-state index in [1.54, 1.807) is 25.3 Å². The highest BCUT2D eigenvalue weighted by molar-refractivity contribution is 5.57. The summed E-state index contributed by atoms with van der Waals surface area (Å²) in [6.45, 7) is 0.935. The Balaban J connectivity index is 1.72. The molecule has 0 spiro atoms. The highest BCUT2D eigenvalue weighted by atomic mass is 19.1. The van der Waals surface area contributed by atoms with Gasteiger partial charge in [0.15, 0.2) is 5.76 Å². The number of rotatable bonds is 6. The Labute approximate surface area is 133 Å². The lowest BCUT2D eigenvalue weighted by molar-refractivity contribution is 0.185. The van der Waals surface area contributed by atoms with Crippen molar-refractivity contribution in [2.75, 3.05) is 12.4 Å². The van der Waals surface area contributed by atoms with E-state index in [9.17, 15) is 4.39 Å². The Morgan fingerprint density at radius 1 is 1.13 bits per heavy atom. The van der Waals surface area contributed by atoms with E-state index in [1.165, 1.54) is 12.3 Å². The van der Waals surface area contributed by atoms with Crippen LogP contribution in [0.5, 0.6) is 0 Å². The molecule has 0 radical (unpaired) electrons. The van der Waals surface area contributed by atoms with E-state index in [0.717, 1.165) is 11.3 Å². The summed E-state index contributed by atoms with van der Waals surface area (Å²) in [6, 6.07) is 14.3. The van der Waals surface area contributed by atoms with Crippen LogP contribution in [0.15, 0.2) is 59.1 Å². The largest absolute Gasteiger partial charge is 0.439 e. The van der Waals surface area contributed by atoms with Crippen LogP contribution in [0.2, 0.25) is 0 Å². The van der Waals surface area contributed by atoms with E-state index in [1.807, 2.05) is 24.3 Å². The van der Waals surface area contributed by atoms with Gasteiger partial charge in [0.05, 0.1) is 24.9 Å². The van der Waals surface area contributed by atoms with Gasteiger partial charge in [0.1, 0.15) is 5.82 Å². The molecule has 0 aliphatic carbocycles. The Hall–Kier alpha value is -2.66. The summed E-state index contributed by atoms with van der Waals surface area (Å²) in [5, 5.41) is 3.26. The number of nitrogens with zero attached hydrogens (tertiary/aromatic N) is 1. The van der Waals surface area contributed by atoms with Crippen LogP contribution in [0.4, 0.5) is 10.1 Å². The van der Waals surface area contributed by atoms with E-state index in [-0.39, 0.29) is 5.82 Å². The number of nitrogens with one attached hydrogen (secondary N) is 1. The van der Waals surface area contributed by atoms with Crippen LogP contribution >= 0.6 is 0 Å². The Bertz CT molecular complexity index is 786. The third-order valence-corrected chi connectivity index (χ3v) is 3.44. The highest BCUT2D eigenvalue weighted by Crippen LogP contribution is 2.24. The summed E-state index contributed by atoms with van der Waals surface area (Å²) in [5.41, 5.74) is 2.42. The van der Waals surface area contributed by atoms with Crippen LogP contribution in [0, 0.1) is 5.82 Å². The minimum Gasteiger partial charge on any atom is -0.439 e. The van der Waals surface area contributed by atoms with Crippen molar-refractivity contribution in [3.8, 4) is 11.3 Å². The zero-order chi connectivity index (χ0) is 16.1. The molecule has 0 aliphatic heterocycles. The molecular weight excluding hydrogens is 295 g/mol. The maximum atomic E-state index is 13.8. The number of aromatic nitrogens is 1. The van der Waals surface area contributed by atoms with Gasteiger partial charge in [0, 0.05) is 18.4 Å². The molecule has 0 atom stereocenters. The van der Waals surface area contributed by atoms with E-state index < -0.39 is 0 Å². The molecule has 0 amide bonds. The molecule has 0 aliphatic rings. The standard InChI is InChI=1S/C18H17FN2O2/c1-22-12-13-6-2-5-9-16(13)20-11-18-21-10-17(23-18)14-7-3-4-8-15(14)19/h2-10,20H,11-12H2,1H3. The second kappa shape index (κ2) is 7.07. The average molecular weight is 312 g/mol. The van der Waals surface area contributed by atoms with Crippen LogP contribution in [0.25, 0.3) is 11.3 Å². The SMILES string of the molecule is COCc1ccccc1NCc1ncc(-c2ccccc2F)o1. The predicted octanol–water partition coefficient (Wildman–Crippen LogP) is 4.24. The molecule has 118 valence electrons. The minimum atomic E-state index is -0.325. The second-order valence-electron chi connectivity index (χ2n) is 5.04. The molecule has 0 fully saturated rings. The Morgan fingerprint density at radius 2 is 1.91 bits per heavy atom. The molecule has 1 N–H and O–H groups in total. The molecule has 0 saturated heterocycles. The molecule has 4 nitrogen and oxygen atoms in total. The first kappa shape index (κ1) is 15.2. The highest BCUT2D eigenvalue weighted by Gasteiger charge is 2.10. The van der Waals surface area contributed by atoms with Crippen molar-refractivity contribution in [3.63, 3.8) is 0 Å². The van der Waals surface area contributed by atoms with Crippen LogP contribution in [0.3, 0.4) is 0 Å². The van der Waals surface area contributed by atoms with Crippen molar-refractivity contribution in [1.82, 2.24) is 4.98 Å². The van der Waals surface area contributed by atoms with Crippen LogP contribution in [0.1, 0.15) is 11.5 Å². The molecule has 3 aromatic rings. The quantitative estimate of drug-likeness (QED) is 0.739. The molecule has 23 heavy (non-hydrogen) atoms. The second-order valence-corrected chi connectivity index (χ2v) is 5.04. The summed E-state index contributed by atoms with van der Waals surface area (Å²) in [4.78, 5) is 4.20. The van der Waals surface area contributed by atoms with Gasteiger partial charge < -0.3 is 14.5 Å². The van der Waals surface area contributed by atoms with E-state index >= 15 is 0 Å². The number of benzene rings is 2. The lowest BCUT2D eigenvalue weighted by Crippen LogP contribution is -2.03. The number of anilines is 1. The summed E-state index contributed by atoms with van der Waals surface area (Å²) < 4.78 is 24.6. The fourth-order valence-corrected chi connectivity index (χ4v) is 2.32. The van der Waals surface area contributed by atoms with E-state index in [2.05, 4.69) is 10.3 Å². The molecule has 3 rings (SSSR count). The number of oxazole rings is 1. The maximum Gasteiger partial charge on any atom is 0.214 e. The monoisotopic (exact) mass is 312 g/mol. The van der Waals surface area contributed by atoms with Gasteiger partial charge in [-0.25, -0.2) is 9.37 Å². The fraction of sp³-hybridized carbons (Fsp3) is 0.167. The zero-order valence-corrected chi connectivity index (χ0v) is 12.8. The zero-order valence-electron chi connectivity index (χ0n) is 12.8.